The van der Waals surface area contributed by atoms with E-state index in [1.165, 1.54) is 0 Å². The predicted molar refractivity (Wildman–Crippen MR) is 53.8 cm³/mol. The van der Waals surface area contributed by atoms with Crippen LogP contribution in [-0.2, 0) is 9.59 Å². The van der Waals surface area contributed by atoms with Crippen molar-refractivity contribution in [2.24, 2.45) is 0 Å². The first-order valence-electron chi connectivity index (χ1n) is 5.46. The fourth-order valence-corrected chi connectivity index (χ4v) is 1.99. The smallest absolute Gasteiger partial charge is 0.223 e. The van der Waals surface area contributed by atoms with E-state index in [1.54, 1.807) is 9.80 Å². The third-order valence-corrected chi connectivity index (χ3v) is 2.88. The molecule has 0 aromatic carbocycles. The van der Waals surface area contributed by atoms with Crippen LogP contribution in [0.5, 0.6) is 0 Å². The summed E-state index contributed by atoms with van der Waals surface area (Å²) in [6.45, 7) is 2.53. The molecule has 0 saturated carbocycles. The fraction of sp³-hybridized carbons (Fsp3) is 0.800. The standard InChI is InChI=1S/C10H16N3O2/c14-9-3-1-5-12(9)7-11-8-13-6-2-4-10(13)15/h1-8H2. The summed E-state index contributed by atoms with van der Waals surface area (Å²) in [5.74, 6) is 0.373. The van der Waals surface area contributed by atoms with Crippen molar-refractivity contribution in [1.82, 2.24) is 15.1 Å². The lowest BCUT2D eigenvalue weighted by atomic mass is 10.4. The lowest BCUT2D eigenvalue weighted by molar-refractivity contribution is -0.128. The second-order valence-corrected chi connectivity index (χ2v) is 4.03. The van der Waals surface area contributed by atoms with Gasteiger partial charge in [-0.1, -0.05) is 0 Å². The molecule has 0 aromatic heterocycles. The Bertz CT molecular complexity index is 241. The molecule has 2 fully saturated rings. The number of carbonyl (C=O) groups excluding carboxylic acids is 2. The molecule has 0 atom stereocenters. The third-order valence-electron chi connectivity index (χ3n) is 2.88. The van der Waals surface area contributed by atoms with Gasteiger partial charge in [0.15, 0.2) is 0 Å². The van der Waals surface area contributed by atoms with Crippen molar-refractivity contribution in [2.75, 3.05) is 26.4 Å². The van der Waals surface area contributed by atoms with Crippen molar-refractivity contribution >= 4 is 11.8 Å². The zero-order chi connectivity index (χ0) is 10.7. The maximum Gasteiger partial charge on any atom is 0.223 e. The Morgan fingerprint density at radius 1 is 0.933 bits per heavy atom. The number of rotatable bonds is 4. The van der Waals surface area contributed by atoms with E-state index in [0.29, 0.717) is 26.2 Å². The van der Waals surface area contributed by atoms with Crippen molar-refractivity contribution < 1.29 is 9.59 Å². The SMILES string of the molecule is O=C1CCCN1C[N]CN1CCCC1=O. The molecule has 2 aliphatic rings. The van der Waals surface area contributed by atoms with Gasteiger partial charge in [0, 0.05) is 25.9 Å². The Hall–Kier alpha value is -1.10. The number of hydrogen-bond donors (Lipinski definition) is 0. The Morgan fingerprint density at radius 3 is 1.73 bits per heavy atom. The van der Waals surface area contributed by atoms with Crippen LogP contribution < -0.4 is 5.32 Å². The van der Waals surface area contributed by atoms with Crippen LogP contribution in [0.2, 0.25) is 0 Å². The van der Waals surface area contributed by atoms with E-state index in [9.17, 15) is 9.59 Å². The van der Waals surface area contributed by atoms with Crippen molar-refractivity contribution in [1.29, 1.82) is 0 Å². The molecule has 2 saturated heterocycles. The Morgan fingerprint density at radius 2 is 1.40 bits per heavy atom. The highest BCUT2D eigenvalue weighted by Crippen LogP contribution is 2.10. The lowest BCUT2D eigenvalue weighted by Crippen LogP contribution is -2.37. The number of carbonyl (C=O) groups is 2. The molecule has 15 heavy (non-hydrogen) atoms. The first-order valence-corrected chi connectivity index (χ1v) is 5.46. The van der Waals surface area contributed by atoms with Crippen molar-refractivity contribution in [2.45, 2.75) is 25.7 Å². The lowest BCUT2D eigenvalue weighted by Gasteiger charge is -2.19. The minimum atomic E-state index is 0.187. The van der Waals surface area contributed by atoms with Crippen molar-refractivity contribution in [3.63, 3.8) is 0 Å². The molecule has 0 aliphatic carbocycles. The van der Waals surface area contributed by atoms with Crippen LogP contribution in [0.3, 0.4) is 0 Å². The first kappa shape index (κ1) is 10.4. The Kier molecular flexibility index (Phi) is 3.20. The summed E-state index contributed by atoms with van der Waals surface area (Å²) in [7, 11) is 0. The van der Waals surface area contributed by atoms with Gasteiger partial charge in [-0.05, 0) is 12.8 Å². The molecule has 0 spiro atoms. The zero-order valence-corrected chi connectivity index (χ0v) is 8.81. The maximum atomic E-state index is 11.3. The molecule has 2 rings (SSSR count). The van der Waals surface area contributed by atoms with Gasteiger partial charge in [-0.25, -0.2) is 0 Å². The highest BCUT2D eigenvalue weighted by Gasteiger charge is 2.22. The molecule has 1 radical (unpaired) electrons. The van der Waals surface area contributed by atoms with Crippen LogP contribution in [-0.4, -0.2) is 48.0 Å². The molecule has 2 aliphatic heterocycles. The molecule has 83 valence electrons. The minimum Gasteiger partial charge on any atom is -0.328 e. The van der Waals surface area contributed by atoms with E-state index in [-0.39, 0.29) is 11.8 Å². The van der Waals surface area contributed by atoms with Gasteiger partial charge >= 0.3 is 0 Å². The number of likely N-dealkylation sites (tertiary alicyclic amines) is 2. The molecule has 2 amide bonds. The summed E-state index contributed by atoms with van der Waals surface area (Å²) >= 11 is 0. The summed E-state index contributed by atoms with van der Waals surface area (Å²) in [5, 5.41) is 4.25. The van der Waals surface area contributed by atoms with E-state index >= 15 is 0 Å². The van der Waals surface area contributed by atoms with Gasteiger partial charge in [-0.15, -0.1) is 0 Å². The summed E-state index contributed by atoms with van der Waals surface area (Å²) < 4.78 is 0. The summed E-state index contributed by atoms with van der Waals surface area (Å²) in [6, 6.07) is 0. The third kappa shape index (κ3) is 2.47. The fourth-order valence-electron chi connectivity index (χ4n) is 1.99. The normalized spacial score (nSPS) is 21.9. The highest BCUT2D eigenvalue weighted by atomic mass is 16.2. The molecule has 0 bridgehead atoms. The van der Waals surface area contributed by atoms with Crippen LogP contribution in [0.25, 0.3) is 0 Å². The Balaban J connectivity index is 1.66. The van der Waals surface area contributed by atoms with Gasteiger partial charge in [-0.2, -0.15) is 5.32 Å². The monoisotopic (exact) mass is 210 g/mol. The Labute approximate surface area is 89.4 Å². The molecule has 0 N–H and O–H groups in total. The predicted octanol–water partition coefficient (Wildman–Crippen LogP) is -0.249. The molecule has 5 nitrogen and oxygen atoms in total. The maximum absolute atomic E-state index is 11.3. The van der Waals surface area contributed by atoms with Crippen LogP contribution >= 0.6 is 0 Å². The summed E-state index contributed by atoms with van der Waals surface area (Å²) in [4.78, 5) is 26.0. The van der Waals surface area contributed by atoms with Crippen LogP contribution in [0.4, 0.5) is 0 Å². The van der Waals surface area contributed by atoms with E-state index in [4.69, 9.17) is 0 Å². The summed E-state index contributed by atoms with van der Waals surface area (Å²) in [5.41, 5.74) is 0. The number of nitrogens with zero attached hydrogens (tertiary/aromatic N) is 3. The average Bonchev–Trinajstić information content (AvgIpc) is 2.78. The molecule has 2 heterocycles. The van der Waals surface area contributed by atoms with Gasteiger partial charge in [0.2, 0.25) is 11.8 Å². The molecule has 0 unspecified atom stereocenters. The molecule has 5 heteroatoms. The van der Waals surface area contributed by atoms with E-state index in [1.807, 2.05) is 0 Å². The van der Waals surface area contributed by atoms with E-state index < -0.39 is 0 Å². The zero-order valence-electron chi connectivity index (χ0n) is 8.81. The second-order valence-electron chi connectivity index (χ2n) is 4.03. The quantitative estimate of drug-likeness (QED) is 0.642. The van der Waals surface area contributed by atoms with E-state index in [0.717, 1.165) is 25.9 Å². The van der Waals surface area contributed by atoms with Crippen LogP contribution in [0.15, 0.2) is 0 Å². The average molecular weight is 210 g/mol. The van der Waals surface area contributed by atoms with Crippen molar-refractivity contribution in [3.8, 4) is 0 Å². The summed E-state index contributed by atoms with van der Waals surface area (Å²) in [6.07, 6.45) is 3.18. The van der Waals surface area contributed by atoms with Crippen molar-refractivity contribution in [3.05, 3.63) is 0 Å². The van der Waals surface area contributed by atoms with Gasteiger partial charge in [-0.3, -0.25) is 9.59 Å². The molecular formula is C10H16N3O2. The largest absolute Gasteiger partial charge is 0.328 e. The van der Waals surface area contributed by atoms with Gasteiger partial charge in [0.25, 0.3) is 0 Å². The molecular weight excluding hydrogens is 194 g/mol. The van der Waals surface area contributed by atoms with Crippen LogP contribution in [0.1, 0.15) is 25.7 Å². The molecule has 0 aromatic rings. The van der Waals surface area contributed by atoms with Gasteiger partial charge < -0.3 is 9.80 Å². The van der Waals surface area contributed by atoms with E-state index in [2.05, 4.69) is 5.32 Å². The number of amides is 2. The number of hydrogen-bond acceptors (Lipinski definition) is 2. The second kappa shape index (κ2) is 4.61. The van der Waals surface area contributed by atoms with Crippen LogP contribution in [0, 0.1) is 0 Å². The van der Waals surface area contributed by atoms with Gasteiger partial charge in [0.05, 0.1) is 13.3 Å². The van der Waals surface area contributed by atoms with Gasteiger partial charge in [0.1, 0.15) is 0 Å². The topological polar surface area (TPSA) is 54.7 Å². The highest BCUT2D eigenvalue weighted by molar-refractivity contribution is 5.78. The first-order chi connectivity index (χ1) is 7.27. The minimum absolute atomic E-state index is 0.187.